The van der Waals surface area contributed by atoms with Crippen LogP contribution in [0, 0.1) is 6.92 Å². The Bertz CT molecular complexity index is 472. The van der Waals surface area contributed by atoms with Gasteiger partial charge in [0.1, 0.15) is 0 Å². The molecule has 0 nitrogen and oxygen atoms in total. The molecule has 0 spiro atoms. The predicted molar refractivity (Wildman–Crippen MR) is 66.3 cm³/mol. The van der Waals surface area contributed by atoms with Crippen LogP contribution in [-0.2, 0) is 0 Å². The van der Waals surface area contributed by atoms with Crippen molar-refractivity contribution < 1.29 is 51.4 Å². The van der Waals surface area contributed by atoms with Crippen molar-refractivity contribution in [2.24, 2.45) is 0 Å². The number of allylic oxidation sites excluding steroid dienone is 1. The van der Waals surface area contributed by atoms with E-state index < -0.39 is 0 Å². The second kappa shape index (κ2) is 6.53. The van der Waals surface area contributed by atoms with Gasteiger partial charge in [0.05, 0.1) is 0 Å². The first-order valence-electron chi connectivity index (χ1n) is 4.95. The summed E-state index contributed by atoms with van der Waals surface area (Å²) in [6.07, 6.45) is 0. The van der Waals surface area contributed by atoms with Crippen LogP contribution in [0.5, 0.6) is 0 Å². The van der Waals surface area contributed by atoms with E-state index >= 15 is 0 Å². The van der Waals surface area contributed by atoms with Gasteiger partial charge in [0.25, 0.3) is 0 Å². The normalized spacial score (nSPS) is 9.31. The minimum absolute atomic E-state index is 0. The standard InChI is InChI=1S/C15H13.K/c1-12(2)14-10-6-7-11-15(14)13-8-4-3-5-9-13;/h3-11H,1-2H2;/q;+1. The van der Waals surface area contributed by atoms with Gasteiger partial charge in [0, 0.05) is 0 Å². The average molecular weight is 232 g/mol. The Balaban J connectivity index is 0.00000128. The van der Waals surface area contributed by atoms with E-state index in [0.29, 0.717) is 0 Å². The number of rotatable bonds is 2. The molecule has 0 atom stereocenters. The molecule has 0 N–H and O–H groups in total. The van der Waals surface area contributed by atoms with Crippen molar-refractivity contribution in [3.8, 4) is 11.1 Å². The zero-order valence-electron chi connectivity index (χ0n) is 9.61. The Kier molecular flexibility index (Phi) is 5.66. The van der Waals surface area contributed by atoms with Crippen LogP contribution in [0.4, 0.5) is 0 Å². The molecule has 2 aromatic carbocycles. The van der Waals surface area contributed by atoms with Gasteiger partial charge in [-0.3, -0.25) is 0 Å². The third-order valence-corrected chi connectivity index (χ3v) is 2.39. The molecule has 0 heterocycles. The Labute approximate surface area is 140 Å². The van der Waals surface area contributed by atoms with Crippen molar-refractivity contribution in [2.45, 2.75) is 0 Å². The molecule has 0 saturated carbocycles. The van der Waals surface area contributed by atoms with E-state index in [-0.39, 0.29) is 51.4 Å². The maximum atomic E-state index is 3.90. The molecule has 0 aliphatic heterocycles. The molecule has 1 radical (unpaired) electrons. The first kappa shape index (κ1) is 13.9. The van der Waals surface area contributed by atoms with Gasteiger partial charge in [-0.2, -0.15) is 0 Å². The fraction of sp³-hybridized carbons (Fsp3) is 0. The van der Waals surface area contributed by atoms with Gasteiger partial charge in [0.2, 0.25) is 0 Å². The molecule has 0 fully saturated rings. The molecule has 0 saturated heterocycles. The van der Waals surface area contributed by atoms with Crippen LogP contribution in [-0.4, -0.2) is 0 Å². The summed E-state index contributed by atoms with van der Waals surface area (Å²) >= 11 is 0. The van der Waals surface area contributed by atoms with Crippen LogP contribution >= 0.6 is 0 Å². The van der Waals surface area contributed by atoms with E-state index in [9.17, 15) is 0 Å². The van der Waals surface area contributed by atoms with Crippen molar-refractivity contribution in [2.75, 3.05) is 0 Å². The molecule has 0 aromatic heterocycles. The van der Waals surface area contributed by atoms with Crippen LogP contribution in [0.2, 0.25) is 0 Å². The van der Waals surface area contributed by atoms with Gasteiger partial charge in [0.15, 0.2) is 0 Å². The van der Waals surface area contributed by atoms with Gasteiger partial charge in [-0.1, -0.05) is 61.2 Å². The molecule has 0 aliphatic carbocycles. The minimum atomic E-state index is 0. The summed E-state index contributed by atoms with van der Waals surface area (Å²) in [4.78, 5) is 0. The summed E-state index contributed by atoms with van der Waals surface area (Å²) in [5.74, 6) is 0. The minimum Gasteiger partial charge on any atom is -0.0952 e. The molecule has 0 unspecified atom stereocenters. The van der Waals surface area contributed by atoms with Crippen LogP contribution in [0.25, 0.3) is 16.7 Å². The number of hydrogen-bond donors (Lipinski definition) is 0. The molecule has 0 aliphatic rings. The van der Waals surface area contributed by atoms with Crippen LogP contribution in [0.3, 0.4) is 0 Å². The molecule has 16 heavy (non-hydrogen) atoms. The van der Waals surface area contributed by atoms with E-state index in [4.69, 9.17) is 0 Å². The van der Waals surface area contributed by atoms with Gasteiger partial charge in [-0.25, -0.2) is 0 Å². The SMILES string of the molecule is [CH2]C(=C)c1ccccc1-c1ccccc1.[K+]. The van der Waals surface area contributed by atoms with Crippen molar-refractivity contribution in [3.63, 3.8) is 0 Å². The van der Waals surface area contributed by atoms with E-state index in [0.717, 1.165) is 11.1 Å². The first-order chi connectivity index (χ1) is 7.29. The molecular weight excluding hydrogens is 219 g/mol. The summed E-state index contributed by atoms with van der Waals surface area (Å²) < 4.78 is 0. The van der Waals surface area contributed by atoms with Gasteiger partial charge >= 0.3 is 51.4 Å². The maximum Gasteiger partial charge on any atom is 1.00 e. The van der Waals surface area contributed by atoms with Crippen molar-refractivity contribution in [3.05, 3.63) is 73.7 Å². The monoisotopic (exact) mass is 232 g/mol. The quantitative estimate of drug-likeness (QED) is 0.683. The summed E-state index contributed by atoms with van der Waals surface area (Å²) in [5, 5.41) is 0. The molecular formula is C15H13K+. The predicted octanol–water partition coefficient (Wildman–Crippen LogP) is 1.20. The van der Waals surface area contributed by atoms with Gasteiger partial charge in [-0.05, 0) is 29.2 Å². The van der Waals surface area contributed by atoms with Crippen LogP contribution < -0.4 is 51.4 Å². The van der Waals surface area contributed by atoms with Crippen molar-refractivity contribution >= 4 is 5.57 Å². The van der Waals surface area contributed by atoms with Gasteiger partial charge < -0.3 is 0 Å². The van der Waals surface area contributed by atoms with Crippen LogP contribution in [0.1, 0.15) is 5.56 Å². The Morgan fingerprint density at radius 2 is 1.38 bits per heavy atom. The van der Waals surface area contributed by atoms with E-state index in [1.165, 1.54) is 11.1 Å². The second-order valence-electron chi connectivity index (χ2n) is 3.52. The fourth-order valence-electron chi connectivity index (χ4n) is 1.66. The molecule has 0 bridgehead atoms. The third kappa shape index (κ3) is 3.16. The van der Waals surface area contributed by atoms with Gasteiger partial charge in [-0.15, -0.1) is 0 Å². The Morgan fingerprint density at radius 3 is 2.00 bits per heavy atom. The summed E-state index contributed by atoms with van der Waals surface area (Å²) in [7, 11) is 0. The first-order valence-corrected chi connectivity index (χ1v) is 4.95. The summed E-state index contributed by atoms with van der Waals surface area (Å²) in [6.45, 7) is 7.80. The maximum absolute atomic E-state index is 3.90. The zero-order chi connectivity index (χ0) is 10.7. The second-order valence-corrected chi connectivity index (χ2v) is 3.52. The zero-order valence-corrected chi connectivity index (χ0v) is 12.7. The summed E-state index contributed by atoms with van der Waals surface area (Å²) in [5.41, 5.74) is 4.37. The Morgan fingerprint density at radius 1 is 0.812 bits per heavy atom. The van der Waals surface area contributed by atoms with E-state index in [2.05, 4.69) is 37.8 Å². The molecule has 0 amide bonds. The summed E-state index contributed by atoms with van der Waals surface area (Å²) in [6, 6.07) is 18.5. The fourth-order valence-corrected chi connectivity index (χ4v) is 1.66. The van der Waals surface area contributed by atoms with Crippen molar-refractivity contribution in [1.82, 2.24) is 0 Å². The molecule has 1 heteroatoms. The molecule has 2 rings (SSSR count). The van der Waals surface area contributed by atoms with Crippen molar-refractivity contribution in [1.29, 1.82) is 0 Å². The number of hydrogen-bond acceptors (Lipinski definition) is 0. The Hall–Kier alpha value is -0.184. The van der Waals surface area contributed by atoms with Crippen LogP contribution in [0.15, 0.2) is 61.2 Å². The van der Waals surface area contributed by atoms with E-state index in [1.54, 1.807) is 0 Å². The topological polar surface area (TPSA) is 0 Å². The largest absolute Gasteiger partial charge is 1.00 e. The molecule has 73 valence electrons. The molecule has 2 aromatic rings. The third-order valence-electron chi connectivity index (χ3n) is 2.39. The van der Waals surface area contributed by atoms with E-state index in [1.807, 2.05) is 30.3 Å². The number of benzene rings is 2. The average Bonchev–Trinajstić information content (AvgIpc) is 2.30. The smallest absolute Gasteiger partial charge is 0.0952 e.